The summed E-state index contributed by atoms with van der Waals surface area (Å²) >= 11 is 5.72. The van der Waals surface area contributed by atoms with E-state index in [4.69, 9.17) is 21.4 Å². The highest BCUT2D eigenvalue weighted by Crippen LogP contribution is 2.40. The van der Waals surface area contributed by atoms with Crippen molar-refractivity contribution in [3.05, 3.63) is 103 Å². The van der Waals surface area contributed by atoms with Crippen molar-refractivity contribution >= 4 is 28.9 Å². The predicted molar refractivity (Wildman–Crippen MR) is 147 cm³/mol. The molecule has 3 heterocycles. The minimum atomic E-state index is -0.261. The number of aromatic nitrogens is 1. The number of carbonyl (C=O) groups excluding carboxylic acids is 1. The van der Waals surface area contributed by atoms with Gasteiger partial charge < -0.3 is 24.7 Å². The second kappa shape index (κ2) is 11.3. The van der Waals surface area contributed by atoms with Gasteiger partial charge >= 0.3 is 0 Å². The Morgan fingerprint density at radius 3 is 2.57 bits per heavy atom. The topological polar surface area (TPSA) is 79.6 Å². The fourth-order valence-electron chi connectivity index (χ4n) is 4.47. The molecule has 188 valence electrons. The van der Waals surface area contributed by atoms with Gasteiger partial charge in [0.15, 0.2) is 5.11 Å². The summed E-state index contributed by atoms with van der Waals surface area (Å²) in [6, 6.07) is 26.5. The molecule has 2 atom stereocenters. The zero-order chi connectivity index (χ0) is 25.6. The molecule has 2 aromatic heterocycles. The SMILES string of the molecule is CCOc1ccc(-c2ccc([C@@H]3[C@@H](c4ccccn4)NC(=S)N3CCC(=O)Nc3ccccc3)o2)cc1. The molecule has 0 bridgehead atoms. The molecule has 8 heteroatoms. The van der Waals surface area contributed by atoms with Gasteiger partial charge in [-0.25, -0.2) is 0 Å². The molecule has 2 aromatic carbocycles. The molecule has 0 radical (unpaired) electrons. The van der Waals surface area contributed by atoms with Gasteiger partial charge in [0.25, 0.3) is 0 Å². The largest absolute Gasteiger partial charge is 0.494 e. The Bertz CT molecular complexity index is 1340. The maximum Gasteiger partial charge on any atom is 0.226 e. The monoisotopic (exact) mass is 512 g/mol. The number of rotatable bonds is 9. The van der Waals surface area contributed by atoms with Gasteiger partial charge in [-0.05, 0) is 79.8 Å². The van der Waals surface area contributed by atoms with Gasteiger partial charge in [0.05, 0.1) is 18.3 Å². The van der Waals surface area contributed by atoms with E-state index in [9.17, 15) is 4.79 Å². The second-order valence-electron chi connectivity index (χ2n) is 8.64. The van der Waals surface area contributed by atoms with Crippen molar-refractivity contribution in [2.45, 2.75) is 25.4 Å². The van der Waals surface area contributed by atoms with Crippen LogP contribution in [-0.2, 0) is 4.79 Å². The number of hydrogen-bond acceptors (Lipinski definition) is 5. The molecule has 1 amide bonds. The van der Waals surface area contributed by atoms with Crippen LogP contribution in [-0.4, -0.2) is 34.1 Å². The molecule has 1 fully saturated rings. The van der Waals surface area contributed by atoms with Crippen molar-refractivity contribution < 1.29 is 13.9 Å². The van der Waals surface area contributed by atoms with Gasteiger partial charge in [0, 0.05) is 30.4 Å². The van der Waals surface area contributed by atoms with E-state index in [0.717, 1.165) is 34.2 Å². The quantitative estimate of drug-likeness (QED) is 0.277. The zero-order valence-electron chi connectivity index (χ0n) is 20.5. The Kier molecular flexibility index (Phi) is 7.46. The van der Waals surface area contributed by atoms with E-state index < -0.39 is 0 Å². The minimum absolute atomic E-state index is 0.0800. The van der Waals surface area contributed by atoms with E-state index in [1.54, 1.807) is 6.20 Å². The van der Waals surface area contributed by atoms with Gasteiger partial charge in [-0.15, -0.1) is 0 Å². The lowest BCUT2D eigenvalue weighted by atomic mass is 10.0. The Morgan fingerprint density at radius 2 is 1.84 bits per heavy atom. The normalized spacial score (nSPS) is 16.9. The predicted octanol–water partition coefficient (Wildman–Crippen LogP) is 5.74. The summed E-state index contributed by atoms with van der Waals surface area (Å²) in [5.41, 5.74) is 2.57. The standard InChI is InChI=1S/C29H28N4O3S/c1-2-35-22-13-11-20(12-14-22)24-15-16-25(36-24)28-27(23-10-6-7-18-30-23)32-29(37)33(28)19-17-26(34)31-21-8-4-3-5-9-21/h3-16,18,27-28H,2,17,19H2,1H3,(H,31,34)(H,32,37)/t27-,28-/m1/s1. The highest BCUT2D eigenvalue weighted by atomic mass is 32.1. The van der Waals surface area contributed by atoms with Crippen molar-refractivity contribution in [2.24, 2.45) is 0 Å². The van der Waals surface area contributed by atoms with Crippen LogP contribution in [0.3, 0.4) is 0 Å². The molecule has 1 aliphatic heterocycles. The third kappa shape index (κ3) is 5.65. The highest BCUT2D eigenvalue weighted by molar-refractivity contribution is 7.80. The number of pyridine rings is 1. The molecule has 1 saturated heterocycles. The highest BCUT2D eigenvalue weighted by Gasteiger charge is 2.41. The Hall–Kier alpha value is -4.17. The lowest BCUT2D eigenvalue weighted by Crippen LogP contribution is -2.32. The number of carbonyl (C=O) groups is 1. The molecule has 0 unspecified atom stereocenters. The number of nitrogens with one attached hydrogen (secondary N) is 2. The number of para-hydroxylation sites is 1. The maximum absolute atomic E-state index is 12.7. The second-order valence-corrected chi connectivity index (χ2v) is 9.03. The van der Waals surface area contributed by atoms with E-state index in [1.165, 1.54) is 0 Å². The van der Waals surface area contributed by atoms with E-state index in [0.29, 0.717) is 18.3 Å². The fraction of sp³-hybridized carbons (Fsp3) is 0.207. The van der Waals surface area contributed by atoms with Crippen molar-refractivity contribution in [1.82, 2.24) is 15.2 Å². The van der Waals surface area contributed by atoms with Crippen LogP contribution in [0.5, 0.6) is 5.75 Å². The first-order valence-electron chi connectivity index (χ1n) is 12.3. The molecule has 7 nitrogen and oxygen atoms in total. The first-order chi connectivity index (χ1) is 18.1. The Labute approximate surface area is 221 Å². The van der Waals surface area contributed by atoms with Crippen LogP contribution in [0.25, 0.3) is 11.3 Å². The summed E-state index contributed by atoms with van der Waals surface area (Å²) in [5, 5.41) is 6.90. The Balaban J connectivity index is 1.38. The molecule has 2 N–H and O–H groups in total. The number of ether oxygens (including phenoxy) is 1. The summed E-state index contributed by atoms with van der Waals surface area (Å²) in [4.78, 5) is 19.3. The Morgan fingerprint density at radius 1 is 1.05 bits per heavy atom. The number of hydrogen-bond donors (Lipinski definition) is 2. The van der Waals surface area contributed by atoms with Crippen LogP contribution < -0.4 is 15.4 Å². The third-order valence-corrected chi connectivity index (χ3v) is 6.56. The third-order valence-electron chi connectivity index (χ3n) is 6.20. The number of nitrogens with zero attached hydrogens (tertiary/aromatic N) is 2. The van der Waals surface area contributed by atoms with Crippen LogP contribution in [0, 0.1) is 0 Å². The molecule has 4 aromatic rings. The molecule has 0 saturated carbocycles. The molecule has 1 aliphatic rings. The number of thiocarbonyl (C=S) groups is 1. The summed E-state index contributed by atoms with van der Waals surface area (Å²) in [6.07, 6.45) is 2.04. The number of furan rings is 1. The molecule has 0 spiro atoms. The summed E-state index contributed by atoms with van der Waals surface area (Å²) in [6.45, 7) is 3.01. The van der Waals surface area contributed by atoms with E-state index >= 15 is 0 Å². The van der Waals surface area contributed by atoms with Crippen LogP contribution >= 0.6 is 12.2 Å². The van der Waals surface area contributed by atoms with Crippen molar-refractivity contribution in [3.8, 4) is 17.1 Å². The van der Waals surface area contributed by atoms with Gasteiger partial charge in [0.2, 0.25) is 5.91 Å². The molecular formula is C29H28N4O3S. The van der Waals surface area contributed by atoms with Crippen LogP contribution in [0.2, 0.25) is 0 Å². The first-order valence-corrected chi connectivity index (χ1v) is 12.7. The summed E-state index contributed by atoms with van der Waals surface area (Å²) in [5.74, 6) is 2.23. The molecule has 5 rings (SSSR count). The average Bonchev–Trinajstić information content (AvgIpc) is 3.54. The van der Waals surface area contributed by atoms with Gasteiger partial charge in [-0.1, -0.05) is 24.3 Å². The maximum atomic E-state index is 12.7. The fourth-order valence-corrected chi connectivity index (χ4v) is 4.80. The lowest BCUT2D eigenvalue weighted by molar-refractivity contribution is -0.116. The molecule has 0 aliphatic carbocycles. The summed E-state index contributed by atoms with van der Waals surface area (Å²) in [7, 11) is 0. The van der Waals surface area contributed by atoms with E-state index in [1.807, 2.05) is 96.8 Å². The van der Waals surface area contributed by atoms with Crippen LogP contribution in [0.4, 0.5) is 5.69 Å². The van der Waals surface area contributed by atoms with Crippen molar-refractivity contribution in [3.63, 3.8) is 0 Å². The van der Waals surface area contributed by atoms with Crippen molar-refractivity contribution in [2.75, 3.05) is 18.5 Å². The van der Waals surface area contributed by atoms with E-state index in [-0.39, 0.29) is 24.4 Å². The number of benzene rings is 2. The number of amides is 1. The average molecular weight is 513 g/mol. The minimum Gasteiger partial charge on any atom is -0.494 e. The lowest BCUT2D eigenvalue weighted by Gasteiger charge is -2.25. The van der Waals surface area contributed by atoms with Gasteiger partial charge in [-0.3, -0.25) is 9.78 Å². The number of anilines is 1. The van der Waals surface area contributed by atoms with Gasteiger partial charge in [-0.2, -0.15) is 0 Å². The zero-order valence-corrected chi connectivity index (χ0v) is 21.3. The van der Waals surface area contributed by atoms with Crippen molar-refractivity contribution in [1.29, 1.82) is 0 Å². The smallest absolute Gasteiger partial charge is 0.226 e. The molecule has 37 heavy (non-hydrogen) atoms. The van der Waals surface area contributed by atoms with Crippen LogP contribution in [0.15, 0.2) is 95.5 Å². The van der Waals surface area contributed by atoms with Crippen LogP contribution in [0.1, 0.15) is 36.9 Å². The first kappa shape index (κ1) is 24.5. The molecular weight excluding hydrogens is 484 g/mol. The summed E-state index contributed by atoms with van der Waals surface area (Å²) < 4.78 is 11.9. The van der Waals surface area contributed by atoms with E-state index in [2.05, 4.69) is 15.6 Å². The van der Waals surface area contributed by atoms with Gasteiger partial charge in [0.1, 0.15) is 23.3 Å².